The maximum absolute atomic E-state index is 2.83. The molecule has 2 aromatic heterocycles. The SMILES string of the molecule is CC1(C)CCC(C)(C)c2cc([Si](c3ccccc3)(c3ccccc3)c3ccc(-n4c5ccccc5c5cccc(-c6ccc7c8ccccc8n(-c8ccccc8)c7c6)c54)cc3)ccc21. The molecule has 65 heavy (non-hydrogen) atoms. The third-order valence-electron chi connectivity index (χ3n) is 15.0. The van der Waals surface area contributed by atoms with Gasteiger partial charge in [-0.3, -0.25) is 0 Å². The highest BCUT2D eigenvalue weighted by Crippen LogP contribution is 2.46. The van der Waals surface area contributed by atoms with Gasteiger partial charge >= 0.3 is 0 Å². The molecule has 0 fully saturated rings. The molecular weight excluding hydrogens is 801 g/mol. The summed E-state index contributed by atoms with van der Waals surface area (Å²) < 4.78 is 4.93. The van der Waals surface area contributed by atoms with E-state index in [4.69, 9.17) is 0 Å². The second kappa shape index (κ2) is 14.9. The number of aromatic nitrogens is 2. The van der Waals surface area contributed by atoms with E-state index in [0.29, 0.717) is 0 Å². The largest absolute Gasteiger partial charge is 0.309 e. The Labute approximate surface area is 383 Å². The maximum atomic E-state index is 2.63. The zero-order valence-electron chi connectivity index (χ0n) is 37.6. The van der Waals surface area contributed by atoms with Crippen LogP contribution in [0.4, 0.5) is 0 Å². The van der Waals surface area contributed by atoms with Crippen LogP contribution in [-0.4, -0.2) is 17.2 Å². The van der Waals surface area contributed by atoms with Crippen molar-refractivity contribution in [2.24, 2.45) is 0 Å². The summed E-state index contributed by atoms with van der Waals surface area (Å²) in [4.78, 5) is 0. The first-order valence-electron chi connectivity index (χ1n) is 23.2. The summed E-state index contributed by atoms with van der Waals surface area (Å²) >= 11 is 0. The number of fused-ring (bicyclic) bond motifs is 7. The van der Waals surface area contributed by atoms with E-state index in [1.54, 1.807) is 0 Å². The lowest BCUT2D eigenvalue weighted by Crippen LogP contribution is -2.74. The molecule has 11 aromatic rings. The van der Waals surface area contributed by atoms with Gasteiger partial charge in [-0.15, -0.1) is 0 Å². The Bertz CT molecular complexity index is 3540. The fourth-order valence-corrected chi connectivity index (χ4v) is 16.3. The lowest BCUT2D eigenvalue weighted by Gasteiger charge is -2.43. The minimum Gasteiger partial charge on any atom is -0.309 e. The number of hydrogen-bond acceptors (Lipinski definition) is 0. The molecule has 0 atom stereocenters. The first-order chi connectivity index (χ1) is 31.7. The molecule has 3 heteroatoms. The van der Waals surface area contributed by atoms with Crippen LogP contribution in [0.25, 0.3) is 66.1 Å². The van der Waals surface area contributed by atoms with E-state index >= 15 is 0 Å². The molecule has 0 saturated carbocycles. The number of rotatable bonds is 7. The van der Waals surface area contributed by atoms with Gasteiger partial charge in [0.15, 0.2) is 8.07 Å². The van der Waals surface area contributed by atoms with Crippen molar-refractivity contribution in [2.45, 2.75) is 51.4 Å². The molecule has 12 rings (SSSR count). The van der Waals surface area contributed by atoms with E-state index in [-0.39, 0.29) is 10.8 Å². The summed E-state index contributed by atoms with van der Waals surface area (Å²) in [6.45, 7) is 9.77. The quantitative estimate of drug-likeness (QED) is 0.112. The lowest BCUT2D eigenvalue weighted by molar-refractivity contribution is 0.332. The fraction of sp³-hybridized carbons (Fsp3) is 0.129. The van der Waals surface area contributed by atoms with Gasteiger partial charge in [-0.2, -0.15) is 0 Å². The summed E-state index contributed by atoms with van der Waals surface area (Å²) in [5.74, 6) is 0. The third kappa shape index (κ3) is 6.06. The van der Waals surface area contributed by atoms with Gasteiger partial charge in [-0.05, 0) is 104 Å². The van der Waals surface area contributed by atoms with E-state index in [9.17, 15) is 0 Å². The molecule has 0 spiro atoms. The van der Waals surface area contributed by atoms with Crippen molar-refractivity contribution in [1.29, 1.82) is 0 Å². The van der Waals surface area contributed by atoms with Crippen LogP contribution in [0.3, 0.4) is 0 Å². The first kappa shape index (κ1) is 39.4. The highest BCUT2D eigenvalue weighted by Gasteiger charge is 2.44. The monoisotopic (exact) mass is 852 g/mol. The van der Waals surface area contributed by atoms with E-state index in [0.717, 1.165) is 11.4 Å². The maximum Gasteiger partial charge on any atom is 0.179 e. The van der Waals surface area contributed by atoms with E-state index < -0.39 is 8.07 Å². The predicted octanol–water partition coefficient (Wildman–Crippen LogP) is 13.3. The summed E-state index contributed by atoms with van der Waals surface area (Å²) in [5, 5.41) is 10.6. The molecule has 0 bridgehead atoms. The molecule has 0 unspecified atom stereocenters. The van der Waals surface area contributed by atoms with Crippen LogP contribution in [0.2, 0.25) is 0 Å². The zero-order chi connectivity index (χ0) is 43.9. The normalized spacial score (nSPS) is 14.6. The van der Waals surface area contributed by atoms with Crippen LogP contribution < -0.4 is 20.7 Å². The molecule has 0 saturated heterocycles. The second-order valence-electron chi connectivity index (χ2n) is 19.5. The molecule has 1 aliphatic carbocycles. The van der Waals surface area contributed by atoms with Gasteiger partial charge in [-0.1, -0.05) is 204 Å². The molecule has 0 amide bonds. The average Bonchev–Trinajstić information content (AvgIpc) is 3.87. The van der Waals surface area contributed by atoms with Gasteiger partial charge in [0.1, 0.15) is 0 Å². The zero-order valence-corrected chi connectivity index (χ0v) is 38.6. The Kier molecular flexibility index (Phi) is 9.05. The van der Waals surface area contributed by atoms with E-state index in [1.807, 2.05) is 0 Å². The molecule has 0 aliphatic heterocycles. The van der Waals surface area contributed by atoms with Crippen molar-refractivity contribution in [2.75, 3.05) is 0 Å². The molecule has 0 N–H and O–H groups in total. The van der Waals surface area contributed by atoms with Crippen molar-refractivity contribution >= 4 is 72.4 Å². The van der Waals surface area contributed by atoms with Crippen LogP contribution in [0.1, 0.15) is 51.7 Å². The average molecular weight is 853 g/mol. The first-order valence-corrected chi connectivity index (χ1v) is 25.2. The van der Waals surface area contributed by atoms with E-state index in [1.165, 1.54) is 99.5 Å². The number of benzene rings is 9. The smallest absolute Gasteiger partial charge is 0.179 e. The Balaban J connectivity index is 1.09. The minimum atomic E-state index is -2.83. The predicted molar refractivity (Wildman–Crippen MR) is 279 cm³/mol. The summed E-state index contributed by atoms with van der Waals surface area (Å²) in [6.07, 6.45) is 2.38. The minimum absolute atomic E-state index is 0.0924. The third-order valence-corrected chi connectivity index (χ3v) is 19.7. The second-order valence-corrected chi connectivity index (χ2v) is 23.3. The van der Waals surface area contributed by atoms with Crippen LogP contribution in [0.5, 0.6) is 0 Å². The van der Waals surface area contributed by atoms with Gasteiger partial charge in [-0.25, -0.2) is 0 Å². The Hall–Kier alpha value is -7.20. The van der Waals surface area contributed by atoms with Crippen molar-refractivity contribution < 1.29 is 0 Å². The van der Waals surface area contributed by atoms with Crippen LogP contribution in [-0.2, 0) is 10.8 Å². The summed E-state index contributed by atoms with van der Waals surface area (Å²) in [7, 11) is -2.83. The van der Waals surface area contributed by atoms with Crippen molar-refractivity contribution in [3.8, 4) is 22.5 Å². The Morgan fingerprint density at radius 2 is 0.846 bits per heavy atom. The number of nitrogens with zero attached hydrogens (tertiary/aromatic N) is 2. The molecule has 1 aliphatic rings. The van der Waals surface area contributed by atoms with Crippen LogP contribution in [0, 0.1) is 0 Å². The van der Waals surface area contributed by atoms with Gasteiger partial charge in [0.05, 0.1) is 22.1 Å². The van der Waals surface area contributed by atoms with Crippen molar-refractivity contribution in [3.05, 3.63) is 230 Å². The van der Waals surface area contributed by atoms with Gasteiger partial charge in [0.2, 0.25) is 0 Å². The molecule has 2 nitrogen and oxygen atoms in total. The lowest BCUT2D eigenvalue weighted by atomic mass is 9.63. The molecular formula is C62H52N2Si. The van der Waals surface area contributed by atoms with Crippen LogP contribution in [0.15, 0.2) is 218 Å². The van der Waals surface area contributed by atoms with Crippen molar-refractivity contribution in [1.82, 2.24) is 9.13 Å². The fourth-order valence-electron chi connectivity index (χ4n) is 11.6. The Morgan fingerprint density at radius 3 is 1.51 bits per heavy atom. The number of hydrogen-bond donors (Lipinski definition) is 0. The standard InChI is InChI=1S/C62H52N2Si/c1-61(2)39-40-62(3,4)56-42-49(36-38-55(56)61)65(46-21-10-6-11-22-46,47-23-12-7-13-24-47)48-34-32-45(33-35-48)64-58-30-17-15-26-52(58)54-28-18-27-50(60(54)64)43-31-37-53-51-25-14-16-29-57(51)63(59(53)41-43)44-19-8-5-9-20-44/h5-38,41-42H,39-40H2,1-4H3. The molecule has 2 heterocycles. The van der Waals surface area contributed by atoms with Gasteiger partial charge in [0, 0.05) is 38.5 Å². The summed E-state index contributed by atoms with van der Waals surface area (Å²) in [5.41, 5.74) is 12.8. The van der Waals surface area contributed by atoms with Gasteiger partial charge in [0.25, 0.3) is 0 Å². The molecule has 9 aromatic carbocycles. The highest BCUT2D eigenvalue weighted by atomic mass is 28.3. The highest BCUT2D eigenvalue weighted by molar-refractivity contribution is 7.19. The van der Waals surface area contributed by atoms with E-state index in [2.05, 4.69) is 255 Å². The van der Waals surface area contributed by atoms with Gasteiger partial charge < -0.3 is 9.13 Å². The molecule has 314 valence electrons. The Morgan fingerprint density at radius 1 is 0.354 bits per heavy atom. The summed E-state index contributed by atoms with van der Waals surface area (Å²) in [6, 6.07) is 82.5. The topological polar surface area (TPSA) is 9.86 Å². The molecule has 0 radical (unpaired) electrons. The van der Waals surface area contributed by atoms with Crippen LogP contribution >= 0.6 is 0 Å². The van der Waals surface area contributed by atoms with Crippen molar-refractivity contribution in [3.63, 3.8) is 0 Å². The number of para-hydroxylation sites is 4.